The number of hydrogen-bond acceptors (Lipinski definition) is 6. The van der Waals surface area contributed by atoms with Gasteiger partial charge in [0.15, 0.2) is 0 Å². The molecule has 2 aromatic carbocycles. The Morgan fingerprint density at radius 2 is 1.94 bits per heavy atom. The lowest BCUT2D eigenvalue weighted by atomic mass is 10.1. The Morgan fingerprint density at radius 3 is 2.81 bits per heavy atom. The average molecular weight is 428 g/mol. The van der Waals surface area contributed by atoms with Crippen molar-refractivity contribution in [2.45, 2.75) is 25.8 Å². The van der Waals surface area contributed by atoms with Crippen molar-refractivity contribution in [3.63, 3.8) is 0 Å². The fourth-order valence-electron chi connectivity index (χ4n) is 4.12. The molecule has 0 saturated heterocycles. The zero-order valence-corrected chi connectivity index (χ0v) is 18.0. The third kappa shape index (κ3) is 4.01. The summed E-state index contributed by atoms with van der Waals surface area (Å²) in [6, 6.07) is 15.7. The smallest absolute Gasteiger partial charge is 0.258 e. The van der Waals surface area contributed by atoms with Crippen molar-refractivity contribution in [2.24, 2.45) is 0 Å². The predicted octanol–water partition coefficient (Wildman–Crippen LogP) is 4.86. The van der Waals surface area contributed by atoms with Crippen LogP contribution in [0.25, 0.3) is 10.8 Å². The summed E-state index contributed by atoms with van der Waals surface area (Å²) in [5, 5.41) is 8.02. The van der Waals surface area contributed by atoms with Gasteiger partial charge in [-0.3, -0.25) is 10.1 Å². The van der Waals surface area contributed by atoms with Gasteiger partial charge in [-0.15, -0.1) is 0 Å². The Hall–Kier alpha value is -3.87. The van der Waals surface area contributed by atoms with Crippen LogP contribution >= 0.6 is 0 Å². The summed E-state index contributed by atoms with van der Waals surface area (Å²) in [4.78, 5) is 24.6. The van der Waals surface area contributed by atoms with Crippen molar-refractivity contribution in [3.8, 4) is 0 Å². The van der Waals surface area contributed by atoms with E-state index in [1.165, 1.54) is 5.56 Å². The number of benzene rings is 2. The van der Waals surface area contributed by atoms with Crippen molar-refractivity contribution in [3.05, 3.63) is 77.7 Å². The van der Waals surface area contributed by atoms with Gasteiger partial charge in [-0.25, -0.2) is 0 Å². The van der Waals surface area contributed by atoms with Crippen molar-refractivity contribution in [1.29, 1.82) is 0 Å². The quantitative estimate of drug-likeness (QED) is 0.473. The minimum atomic E-state index is -0.262. The number of hydrogen-bond donors (Lipinski definition) is 2. The molecule has 0 atom stereocenters. The van der Waals surface area contributed by atoms with Gasteiger partial charge in [0.1, 0.15) is 11.6 Å². The predicted molar refractivity (Wildman–Crippen MR) is 126 cm³/mol. The molecule has 0 aliphatic carbocycles. The number of anilines is 3. The lowest BCUT2D eigenvalue weighted by molar-refractivity contribution is 0.102. The first-order valence-corrected chi connectivity index (χ1v) is 10.8. The summed E-state index contributed by atoms with van der Waals surface area (Å²) in [6.45, 7) is 1.57. The van der Waals surface area contributed by atoms with Crippen LogP contribution in [0.2, 0.25) is 0 Å². The first-order chi connectivity index (χ1) is 15.7. The third-order valence-electron chi connectivity index (χ3n) is 5.81. The zero-order chi connectivity index (χ0) is 21.9. The van der Waals surface area contributed by atoms with E-state index < -0.39 is 0 Å². The maximum absolute atomic E-state index is 13.1. The highest BCUT2D eigenvalue weighted by molar-refractivity contribution is 6.12. The molecule has 1 aliphatic rings. The normalized spacial score (nSPS) is 13.5. The van der Waals surface area contributed by atoms with Crippen LogP contribution in [-0.2, 0) is 13.0 Å². The second kappa shape index (κ2) is 8.70. The Kier molecular flexibility index (Phi) is 5.46. The van der Waals surface area contributed by atoms with E-state index in [1.54, 1.807) is 18.6 Å². The molecule has 162 valence electrons. The van der Waals surface area contributed by atoms with Gasteiger partial charge in [0.25, 0.3) is 5.91 Å². The van der Waals surface area contributed by atoms with Crippen LogP contribution < -0.4 is 15.5 Å². The molecule has 5 rings (SSSR count). The second-order valence-electron chi connectivity index (χ2n) is 8.05. The summed E-state index contributed by atoms with van der Waals surface area (Å²) in [6.07, 6.45) is 6.29. The largest absolute Gasteiger partial charge is 0.471 e. The number of furan rings is 1. The summed E-state index contributed by atoms with van der Waals surface area (Å²) in [5.41, 5.74) is 2.79. The first-order valence-electron chi connectivity index (χ1n) is 10.8. The number of nitrogens with one attached hydrogen (secondary N) is 2. The van der Waals surface area contributed by atoms with Crippen LogP contribution in [-0.4, -0.2) is 29.5 Å². The van der Waals surface area contributed by atoms with E-state index in [0.29, 0.717) is 18.1 Å². The van der Waals surface area contributed by atoms with E-state index in [9.17, 15) is 4.79 Å². The van der Waals surface area contributed by atoms with Crippen LogP contribution in [0.1, 0.15) is 34.3 Å². The highest BCUT2D eigenvalue weighted by atomic mass is 16.3. The molecular weight excluding hydrogens is 402 g/mol. The fourth-order valence-corrected chi connectivity index (χ4v) is 4.12. The molecule has 0 spiro atoms. The summed E-state index contributed by atoms with van der Waals surface area (Å²) >= 11 is 0. The van der Waals surface area contributed by atoms with Crippen LogP contribution in [0.3, 0.4) is 0 Å². The monoisotopic (exact) mass is 427 g/mol. The van der Waals surface area contributed by atoms with Crippen molar-refractivity contribution in [2.75, 3.05) is 29.1 Å². The molecule has 0 bridgehead atoms. The van der Waals surface area contributed by atoms with Crippen LogP contribution in [0.15, 0.2) is 65.5 Å². The van der Waals surface area contributed by atoms with Crippen molar-refractivity contribution in [1.82, 2.24) is 9.97 Å². The summed E-state index contributed by atoms with van der Waals surface area (Å²) < 4.78 is 5.27. The van der Waals surface area contributed by atoms with Gasteiger partial charge in [0.05, 0.1) is 18.1 Å². The van der Waals surface area contributed by atoms with Crippen molar-refractivity contribution >= 4 is 34.3 Å². The summed E-state index contributed by atoms with van der Waals surface area (Å²) in [7, 11) is 2.04. The van der Waals surface area contributed by atoms with Gasteiger partial charge >= 0.3 is 0 Å². The molecular formula is C25H25N5O2. The van der Waals surface area contributed by atoms with Crippen molar-refractivity contribution < 1.29 is 9.21 Å². The van der Waals surface area contributed by atoms with Gasteiger partial charge in [0, 0.05) is 36.5 Å². The van der Waals surface area contributed by atoms with E-state index >= 15 is 0 Å². The van der Waals surface area contributed by atoms with Crippen LogP contribution in [0.4, 0.5) is 17.6 Å². The Balaban J connectivity index is 1.47. The van der Waals surface area contributed by atoms with E-state index in [2.05, 4.69) is 27.7 Å². The molecule has 4 aromatic rings. The van der Waals surface area contributed by atoms with Crippen LogP contribution in [0, 0.1) is 0 Å². The molecule has 0 unspecified atom stereocenters. The maximum atomic E-state index is 13.1. The van der Waals surface area contributed by atoms with E-state index in [1.807, 2.05) is 37.4 Å². The highest BCUT2D eigenvalue weighted by Crippen LogP contribution is 2.31. The van der Waals surface area contributed by atoms with Gasteiger partial charge in [0.2, 0.25) is 5.95 Å². The molecule has 2 aromatic heterocycles. The lowest BCUT2D eigenvalue weighted by Gasteiger charge is -2.21. The van der Waals surface area contributed by atoms with Gasteiger partial charge in [-0.05, 0) is 30.9 Å². The molecule has 3 heterocycles. The van der Waals surface area contributed by atoms with Crippen LogP contribution in [0.5, 0.6) is 0 Å². The third-order valence-corrected chi connectivity index (χ3v) is 5.81. The number of nitrogens with zero attached hydrogens (tertiary/aromatic N) is 3. The average Bonchev–Trinajstić information content (AvgIpc) is 3.22. The lowest BCUT2D eigenvalue weighted by Crippen LogP contribution is -2.22. The Labute approximate surface area is 186 Å². The second-order valence-corrected chi connectivity index (χ2v) is 8.05. The fraction of sp³-hybridized carbons (Fsp3) is 0.240. The van der Waals surface area contributed by atoms with Gasteiger partial charge in [-0.1, -0.05) is 42.5 Å². The van der Waals surface area contributed by atoms with E-state index in [4.69, 9.17) is 14.4 Å². The van der Waals surface area contributed by atoms with Gasteiger partial charge < -0.3 is 14.6 Å². The van der Waals surface area contributed by atoms with E-state index in [0.717, 1.165) is 53.8 Å². The number of carbonyl (C=O) groups is 1. The molecule has 7 heteroatoms. The minimum Gasteiger partial charge on any atom is -0.471 e. The Bertz CT molecular complexity index is 1250. The molecule has 0 fully saturated rings. The SMILES string of the molecule is CN1CCCCc2c(NCc3ccccc3)nc(NC(=O)c3cccc4cocc34)nc21. The first kappa shape index (κ1) is 20.1. The number of rotatable bonds is 5. The number of carbonyl (C=O) groups excluding carboxylic acids is 1. The molecule has 2 N–H and O–H groups in total. The number of aromatic nitrogens is 2. The number of fused-ring (bicyclic) bond motifs is 2. The topological polar surface area (TPSA) is 83.3 Å². The Morgan fingerprint density at radius 1 is 1.06 bits per heavy atom. The zero-order valence-electron chi connectivity index (χ0n) is 18.0. The molecule has 32 heavy (non-hydrogen) atoms. The number of amides is 1. The highest BCUT2D eigenvalue weighted by Gasteiger charge is 2.21. The standard InChI is InChI=1S/C25H25N5O2/c1-30-13-6-5-11-20-22(26-14-17-8-3-2-4-9-17)27-25(28-23(20)30)29-24(31)19-12-7-10-18-15-32-16-21(18)19/h2-4,7-10,12,15-16H,5-6,11,13-14H2,1H3,(H2,26,27,28,29,31). The molecule has 1 aliphatic heterocycles. The molecule has 0 radical (unpaired) electrons. The molecule has 7 nitrogen and oxygen atoms in total. The minimum absolute atomic E-state index is 0.262. The molecule has 0 saturated carbocycles. The maximum Gasteiger partial charge on any atom is 0.258 e. The van der Waals surface area contributed by atoms with E-state index in [-0.39, 0.29) is 5.91 Å². The molecule has 1 amide bonds. The van der Waals surface area contributed by atoms with Gasteiger partial charge in [-0.2, -0.15) is 9.97 Å². The summed E-state index contributed by atoms with van der Waals surface area (Å²) in [5.74, 6) is 1.66.